The van der Waals surface area contributed by atoms with E-state index in [1.807, 2.05) is 0 Å². The largest absolute Gasteiger partial charge is 0.338 e. The van der Waals surface area contributed by atoms with E-state index in [1.165, 1.54) is 28.0 Å². The van der Waals surface area contributed by atoms with Gasteiger partial charge in [-0.3, -0.25) is 29.1 Å². The van der Waals surface area contributed by atoms with Gasteiger partial charge in [0.15, 0.2) is 0 Å². The summed E-state index contributed by atoms with van der Waals surface area (Å²) in [5.74, 6) is -1.19. The second-order valence-electron chi connectivity index (χ2n) is 6.29. The number of amides is 2. The van der Waals surface area contributed by atoms with Crippen LogP contribution >= 0.6 is 0 Å². The monoisotopic (exact) mass is 388 g/mol. The number of piperazine rings is 1. The van der Waals surface area contributed by atoms with E-state index in [1.54, 1.807) is 0 Å². The van der Waals surface area contributed by atoms with E-state index >= 15 is 0 Å². The minimum absolute atomic E-state index is 0.239. The first-order chi connectivity index (χ1) is 13.3. The Morgan fingerprint density at radius 1 is 1.07 bits per heavy atom. The third kappa shape index (κ3) is 4.22. The fraction of sp³-hybridized carbons (Fsp3) is 0.278. The van der Waals surface area contributed by atoms with Crippen LogP contribution in [0.1, 0.15) is 10.4 Å². The Kier molecular flexibility index (Phi) is 5.48. The molecule has 9 nitrogen and oxygen atoms in total. The molecular formula is C18H17FN4O5. The summed E-state index contributed by atoms with van der Waals surface area (Å²) in [4.78, 5) is 49.9. The molecule has 0 bridgehead atoms. The number of hydrogen-bond acceptors (Lipinski definition) is 5. The summed E-state index contributed by atoms with van der Waals surface area (Å²) in [5.41, 5.74) is -0.556. The SMILES string of the molecule is O=C(Cn1cc([N+](=O)[O-])ccc1=O)N1CCN(C(=O)c2cccc(F)c2)CC1. The molecule has 2 amide bonds. The van der Waals surface area contributed by atoms with Crippen LogP contribution in [0.15, 0.2) is 47.4 Å². The van der Waals surface area contributed by atoms with Crippen LogP contribution in [0.3, 0.4) is 0 Å². The van der Waals surface area contributed by atoms with Crippen molar-refractivity contribution >= 4 is 17.5 Å². The first kappa shape index (κ1) is 19.2. The van der Waals surface area contributed by atoms with Crippen molar-refractivity contribution in [1.82, 2.24) is 14.4 Å². The first-order valence-electron chi connectivity index (χ1n) is 8.52. The van der Waals surface area contributed by atoms with Gasteiger partial charge in [-0.25, -0.2) is 4.39 Å². The molecule has 1 aromatic heterocycles. The zero-order chi connectivity index (χ0) is 20.3. The second-order valence-corrected chi connectivity index (χ2v) is 6.29. The van der Waals surface area contributed by atoms with Gasteiger partial charge in [-0.05, 0) is 18.2 Å². The first-order valence-corrected chi connectivity index (χ1v) is 8.52. The van der Waals surface area contributed by atoms with Gasteiger partial charge in [-0.1, -0.05) is 6.07 Å². The molecule has 3 rings (SSSR count). The Bertz CT molecular complexity index is 982. The summed E-state index contributed by atoms with van der Waals surface area (Å²) in [7, 11) is 0. The van der Waals surface area contributed by atoms with Crippen LogP contribution in [0.5, 0.6) is 0 Å². The quantitative estimate of drug-likeness (QED) is 0.571. The zero-order valence-electron chi connectivity index (χ0n) is 14.8. The van der Waals surface area contributed by atoms with E-state index in [2.05, 4.69) is 0 Å². The molecule has 1 aromatic carbocycles. The van der Waals surface area contributed by atoms with Crippen molar-refractivity contribution in [2.45, 2.75) is 6.54 Å². The minimum atomic E-state index is -0.642. The molecule has 0 atom stereocenters. The number of hydrogen-bond donors (Lipinski definition) is 0. The molecule has 2 aromatic rings. The summed E-state index contributed by atoms with van der Waals surface area (Å²) in [6.07, 6.45) is 1.03. The van der Waals surface area contributed by atoms with Crippen LogP contribution in [0.25, 0.3) is 0 Å². The summed E-state index contributed by atoms with van der Waals surface area (Å²) in [6.45, 7) is 0.724. The molecule has 1 aliphatic heterocycles. The molecule has 0 N–H and O–H groups in total. The number of halogens is 1. The van der Waals surface area contributed by atoms with E-state index in [0.29, 0.717) is 0 Å². The average molecular weight is 388 g/mol. The van der Waals surface area contributed by atoms with Crippen LogP contribution in [0.2, 0.25) is 0 Å². The van der Waals surface area contributed by atoms with Gasteiger partial charge >= 0.3 is 0 Å². The maximum Gasteiger partial charge on any atom is 0.285 e. The van der Waals surface area contributed by atoms with Gasteiger partial charge in [-0.15, -0.1) is 0 Å². The minimum Gasteiger partial charge on any atom is -0.338 e. The highest BCUT2D eigenvalue weighted by Gasteiger charge is 2.25. The Morgan fingerprint density at radius 3 is 2.39 bits per heavy atom. The summed E-state index contributed by atoms with van der Waals surface area (Å²) < 4.78 is 14.3. The fourth-order valence-electron chi connectivity index (χ4n) is 2.96. The van der Waals surface area contributed by atoms with Crippen molar-refractivity contribution in [3.8, 4) is 0 Å². The van der Waals surface area contributed by atoms with Gasteiger partial charge in [0, 0.05) is 43.9 Å². The molecule has 1 fully saturated rings. The molecule has 0 radical (unpaired) electrons. The highest BCUT2D eigenvalue weighted by atomic mass is 19.1. The molecule has 2 heterocycles. The molecule has 28 heavy (non-hydrogen) atoms. The molecule has 0 saturated carbocycles. The molecule has 0 unspecified atom stereocenters. The van der Waals surface area contributed by atoms with E-state index in [9.17, 15) is 28.9 Å². The number of benzene rings is 1. The molecular weight excluding hydrogens is 371 g/mol. The normalized spacial score (nSPS) is 14.0. The van der Waals surface area contributed by atoms with Crippen molar-refractivity contribution in [1.29, 1.82) is 0 Å². The molecule has 10 heteroatoms. The third-order valence-corrected chi connectivity index (χ3v) is 4.48. The summed E-state index contributed by atoms with van der Waals surface area (Å²) in [6, 6.07) is 7.52. The predicted molar refractivity (Wildman–Crippen MR) is 96.2 cm³/mol. The van der Waals surface area contributed by atoms with Gasteiger partial charge < -0.3 is 9.80 Å². The average Bonchev–Trinajstić information content (AvgIpc) is 2.69. The lowest BCUT2D eigenvalue weighted by molar-refractivity contribution is -0.385. The van der Waals surface area contributed by atoms with E-state index in [-0.39, 0.29) is 55.8 Å². The van der Waals surface area contributed by atoms with Crippen molar-refractivity contribution in [2.24, 2.45) is 0 Å². The standard InChI is InChI=1S/C18H17FN4O5/c19-14-3-1-2-13(10-14)18(26)21-8-6-20(7-9-21)17(25)12-22-11-15(23(27)28)4-5-16(22)24/h1-5,10-11H,6-9,12H2. The number of pyridine rings is 1. The number of nitrogens with zero attached hydrogens (tertiary/aromatic N) is 4. The number of carbonyl (C=O) groups is 2. The van der Waals surface area contributed by atoms with E-state index in [0.717, 1.165) is 29.0 Å². The number of nitro groups is 1. The molecule has 146 valence electrons. The Morgan fingerprint density at radius 2 is 1.75 bits per heavy atom. The lowest BCUT2D eigenvalue weighted by atomic mass is 10.1. The Balaban J connectivity index is 1.61. The van der Waals surface area contributed by atoms with Gasteiger partial charge in [0.25, 0.3) is 17.2 Å². The van der Waals surface area contributed by atoms with Crippen molar-refractivity contribution < 1.29 is 18.9 Å². The van der Waals surface area contributed by atoms with Crippen LogP contribution in [-0.4, -0.2) is 57.3 Å². The summed E-state index contributed by atoms with van der Waals surface area (Å²) >= 11 is 0. The van der Waals surface area contributed by atoms with Crippen molar-refractivity contribution in [3.63, 3.8) is 0 Å². The van der Waals surface area contributed by atoms with Crippen molar-refractivity contribution in [2.75, 3.05) is 26.2 Å². The van der Waals surface area contributed by atoms with Crippen LogP contribution in [-0.2, 0) is 11.3 Å². The van der Waals surface area contributed by atoms with Crippen LogP contribution < -0.4 is 5.56 Å². The second kappa shape index (κ2) is 7.99. The van der Waals surface area contributed by atoms with Gasteiger partial charge in [0.2, 0.25) is 5.91 Å². The highest BCUT2D eigenvalue weighted by Crippen LogP contribution is 2.11. The number of carbonyl (C=O) groups excluding carboxylic acids is 2. The lowest BCUT2D eigenvalue weighted by Crippen LogP contribution is -2.51. The van der Waals surface area contributed by atoms with Crippen molar-refractivity contribution in [3.05, 3.63) is 74.4 Å². The van der Waals surface area contributed by atoms with Crippen LogP contribution in [0, 0.1) is 15.9 Å². The molecule has 1 saturated heterocycles. The number of rotatable bonds is 4. The fourth-order valence-corrected chi connectivity index (χ4v) is 2.96. The highest BCUT2D eigenvalue weighted by molar-refractivity contribution is 5.94. The molecule has 0 spiro atoms. The van der Waals surface area contributed by atoms with Gasteiger partial charge in [0.1, 0.15) is 12.4 Å². The van der Waals surface area contributed by atoms with Gasteiger partial charge in [-0.2, -0.15) is 0 Å². The smallest absolute Gasteiger partial charge is 0.285 e. The number of aromatic nitrogens is 1. The van der Waals surface area contributed by atoms with Crippen LogP contribution in [0.4, 0.5) is 10.1 Å². The Labute approximate surface area is 158 Å². The Hall–Kier alpha value is -3.56. The maximum atomic E-state index is 13.3. The van der Waals surface area contributed by atoms with E-state index in [4.69, 9.17) is 0 Å². The topological polar surface area (TPSA) is 106 Å². The molecule has 1 aliphatic rings. The zero-order valence-corrected chi connectivity index (χ0v) is 14.8. The summed E-state index contributed by atoms with van der Waals surface area (Å²) in [5, 5.41) is 10.8. The van der Waals surface area contributed by atoms with Gasteiger partial charge in [0.05, 0.1) is 11.1 Å². The third-order valence-electron chi connectivity index (χ3n) is 4.48. The molecule has 0 aliphatic carbocycles. The lowest BCUT2D eigenvalue weighted by Gasteiger charge is -2.35. The maximum absolute atomic E-state index is 13.3. The van der Waals surface area contributed by atoms with E-state index < -0.39 is 16.3 Å². The predicted octanol–water partition coefficient (Wildman–Crippen LogP) is 0.880.